The average Bonchev–Trinajstić information content (AvgIpc) is 2.88. The Morgan fingerprint density at radius 3 is 1.64 bits per heavy atom. The number of isocyanates is 1. The lowest BCUT2D eigenvalue weighted by Gasteiger charge is -2.22. The first-order chi connectivity index (χ1) is 17.5. The van der Waals surface area contributed by atoms with Crippen molar-refractivity contribution < 1.29 is 24.8 Å². The number of amides is 4. The van der Waals surface area contributed by atoms with Crippen molar-refractivity contribution in [2.75, 3.05) is 26.2 Å². The predicted molar refractivity (Wildman–Crippen MR) is 140 cm³/mol. The van der Waals surface area contributed by atoms with Crippen molar-refractivity contribution in [3.8, 4) is 0 Å². The first-order valence-electron chi connectivity index (χ1n) is 13.6. The van der Waals surface area contributed by atoms with Crippen LogP contribution in [0, 0.1) is 0 Å². The summed E-state index contributed by atoms with van der Waals surface area (Å²) in [5.41, 5.74) is 4.48. The van der Waals surface area contributed by atoms with Crippen LogP contribution in [0.25, 0.3) is 0 Å². The van der Waals surface area contributed by atoms with E-state index in [1.807, 2.05) is 13.8 Å². The van der Waals surface area contributed by atoms with E-state index in [1.54, 1.807) is 0 Å². The average molecular weight is 515 g/mol. The molecule has 4 amide bonds. The molecule has 11 nitrogen and oxygen atoms in total. The van der Waals surface area contributed by atoms with Gasteiger partial charge in [-0.1, -0.05) is 51.4 Å². The lowest BCUT2D eigenvalue weighted by atomic mass is 10.1. The van der Waals surface area contributed by atoms with Gasteiger partial charge >= 0.3 is 12.1 Å². The fourth-order valence-corrected chi connectivity index (χ4v) is 3.72. The highest BCUT2D eigenvalue weighted by Gasteiger charge is 2.20. The van der Waals surface area contributed by atoms with Crippen molar-refractivity contribution in [3.05, 3.63) is 0 Å². The second-order valence-electron chi connectivity index (χ2n) is 9.47. The van der Waals surface area contributed by atoms with Crippen LogP contribution in [0.15, 0.2) is 4.99 Å². The van der Waals surface area contributed by atoms with Crippen molar-refractivity contribution in [2.24, 2.45) is 4.99 Å². The standard InChI is InChI=1S/C25H50N6O5/c1-22(29-35)15-9-3-5-12-18-27-24(33)31(20-14-8-7-11-17-26-21-32)25(34)28-19-13-6-4-10-16-23(2)30-36/h22-23,29-30,35-36H,3-20H2,1-2H3,(H,27,33)(H,28,34). The number of hydrogen-bond acceptors (Lipinski definition) is 8. The fourth-order valence-electron chi connectivity index (χ4n) is 3.72. The van der Waals surface area contributed by atoms with E-state index >= 15 is 0 Å². The van der Waals surface area contributed by atoms with Crippen LogP contribution in [-0.4, -0.2) is 71.7 Å². The number of unbranched alkanes of at least 4 members (excludes halogenated alkanes) is 9. The van der Waals surface area contributed by atoms with Crippen molar-refractivity contribution >= 4 is 18.1 Å². The lowest BCUT2D eigenvalue weighted by molar-refractivity contribution is 0.127. The summed E-state index contributed by atoms with van der Waals surface area (Å²) in [6.07, 6.45) is 14.2. The molecule has 0 aromatic carbocycles. The van der Waals surface area contributed by atoms with Crippen LogP contribution in [0.2, 0.25) is 0 Å². The molecule has 0 spiro atoms. The molecule has 210 valence electrons. The van der Waals surface area contributed by atoms with Crippen LogP contribution in [0.1, 0.15) is 104 Å². The van der Waals surface area contributed by atoms with Crippen LogP contribution in [0.5, 0.6) is 0 Å². The highest BCUT2D eigenvalue weighted by molar-refractivity contribution is 5.93. The third-order valence-electron chi connectivity index (χ3n) is 6.08. The molecule has 0 aromatic rings. The Morgan fingerprint density at radius 2 is 1.17 bits per heavy atom. The Bertz CT molecular complexity index is 567. The molecule has 0 aliphatic carbocycles. The number of urea groups is 2. The largest absolute Gasteiger partial charge is 0.338 e. The van der Waals surface area contributed by atoms with Crippen LogP contribution in [0.3, 0.4) is 0 Å². The zero-order valence-corrected chi connectivity index (χ0v) is 22.4. The molecule has 0 heterocycles. The molecule has 0 saturated heterocycles. The van der Waals surface area contributed by atoms with E-state index in [9.17, 15) is 14.4 Å². The Labute approximate surface area is 216 Å². The second kappa shape index (κ2) is 24.6. The zero-order valence-electron chi connectivity index (χ0n) is 22.4. The Balaban J connectivity index is 4.34. The summed E-state index contributed by atoms with van der Waals surface area (Å²) >= 11 is 0. The third kappa shape index (κ3) is 20.2. The lowest BCUT2D eigenvalue weighted by Crippen LogP contribution is -2.49. The number of nitrogens with one attached hydrogen (secondary N) is 4. The van der Waals surface area contributed by atoms with Crippen molar-refractivity contribution in [1.82, 2.24) is 26.5 Å². The van der Waals surface area contributed by atoms with Gasteiger partial charge in [0, 0.05) is 31.7 Å². The van der Waals surface area contributed by atoms with Gasteiger partial charge in [-0.2, -0.15) is 0 Å². The predicted octanol–water partition coefficient (Wildman–Crippen LogP) is 4.24. The van der Waals surface area contributed by atoms with E-state index in [4.69, 9.17) is 10.4 Å². The number of hydrogen-bond donors (Lipinski definition) is 6. The smallest absolute Gasteiger partial charge is 0.325 e. The van der Waals surface area contributed by atoms with Crippen LogP contribution < -0.4 is 21.6 Å². The summed E-state index contributed by atoms with van der Waals surface area (Å²) in [5.74, 6) is 0. The first-order valence-corrected chi connectivity index (χ1v) is 13.6. The minimum absolute atomic E-state index is 0.0850. The van der Waals surface area contributed by atoms with Gasteiger partial charge in [0.25, 0.3) is 0 Å². The summed E-state index contributed by atoms with van der Waals surface area (Å²) in [4.78, 5) is 40.3. The molecule has 0 bridgehead atoms. The fraction of sp³-hybridized carbons (Fsp3) is 0.880. The van der Waals surface area contributed by atoms with Crippen LogP contribution >= 0.6 is 0 Å². The molecule has 0 aromatic heterocycles. The van der Waals surface area contributed by atoms with Gasteiger partial charge in [0.2, 0.25) is 6.08 Å². The van der Waals surface area contributed by atoms with Crippen LogP contribution in [-0.2, 0) is 4.79 Å². The molecule has 0 radical (unpaired) electrons. The Kier molecular flexibility index (Phi) is 23.2. The van der Waals surface area contributed by atoms with E-state index in [-0.39, 0.29) is 24.1 Å². The molecule has 0 saturated carbocycles. The molecule has 36 heavy (non-hydrogen) atoms. The molecule has 2 atom stereocenters. The molecule has 6 N–H and O–H groups in total. The molecular formula is C25H50N6O5. The topological polar surface area (TPSA) is 155 Å². The van der Waals surface area contributed by atoms with E-state index in [1.165, 1.54) is 11.0 Å². The molecule has 2 unspecified atom stereocenters. The quantitative estimate of drug-likeness (QED) is 0.0515. The zero-order chi connectivity index (χ0) is 26.9. The number of carbonyl (C=O) groups is 2. The summed E-state index contributed by atoms with van der Waals surface area (Å²) in [6.45, 7) is 5.68. The summed E-state index contributed by atoms with van der Waals surface area (Å²) in [7, 11) is 0. The van der Waals surface area contributed by atoms with E-state index in [2.05, 4.69) is 26.6 Å². The SMILES string of the molecule is CC(CCCCCCNC(=O)N(CCCCCCN=C=O)C(=O)NCCCCCCC(C)NO)NO. The van der Waals surface area contributed by atoms with Gasteiger partial charge in [-0.15, -0.1) is 0 Å². The minimum Gasteiger partial charge on any atom is -0.338 e. The third-order valence-corrected chi connectivity index (χ3v) is 6.08. The van der Waals surface area contributed by atoms with Crippen molar-refractivity contribution in [3.63, 3.8) is 0 Å². The monoisotopic (exact) mass is 514 g/mol. The molecule has 0 aliphatic rings. The molecule has 0 fully saturated rings. The molecule has 11 heteroatoms. The Morgan fingerprint density at radius 1 is 0.722 bits per heavy atom. The van der Waals surface area contributed by atoms with Gasteiger partial charge < -0.3 is 21.0 Å². The summed E-state index contributed by atoms with van der Waals surface area (Å²) in [5, 5.41) is 23.4. The highest BCUT2D eigenvalue weighted by atomic mass is 16.5. The summed E-state index contributed by atoms with van der Waals surface area (Å²) in [6, 6.07) is -0.577. The van der Waals surface area contributed by atoms with Crippen molar-refractivity contribution in [2.45, 2.75) is 116 Å². The second-order valence-corrected chi connectivity index (χ2v) is 9.47. The van der Waals surface area contributed by atoms with Gasteiger partial charge in [-0.25, -0.2) is 35.2 Å². The normalized spacial score (nSPS) is 12.4. The molecular weight excluding hydrogens is 464 g/mol. The number of imide groups is 1. The summed E-state index contributed by atoms with van der Waals surface area (Å²) < 4.78 is 0. The minimum atomic E-state index is -0.373. The van der Waals surface area contributed by atoms with E-state index in [0.29, 0.717) is 32.6 Å². The maximum atomic E-state index is 12.7. The maximum Gasteiger partial charge on any atom is 0.325 e. The number of nitrogens with zero attached hydrogens (tertiary/aromatic N) is 2. The van der Waals surface area contributed by atoms with Gasteiger partial charge in [0.15, 0.2) is 0 Å². The number of aliphatic imine (C=N–C) groups is 1. The van der Waals surface area contributed by atoms with E-state index in [0.717, 1.165) is 83.5 Å². The van der Waals surface area contributed by atoms with Gasteiger partial charge in [-0.05, 0) is 52.4 Å². The van der Waals surface area contributed by atoms with Crippen LogP contribution in [0.4, 0.5) is 9.59 Å². The number of carbonyl (C=O) groups excluding carboxylic acids is 3. The number of rotatable bonds is 23. The van der Waals surface area contributed by atoms with Gasteiger partial charge in [0.05, 0.1) is 6.54 Å². The Hall–Kier alpha value is -2.04. The number of hydroxylamine groups is 2. The molecule has 0 aliphatic heterocycles. The van der Waals surface area contributed by atoms with Crippen molar-refractivity contribution in [1.29, 1.82) is 0 Å². The maximum absolute atomic E-state index is 12.7. The van der Waals surface area contributed by atoms with E-state index < -0.39 is 0 Å². The molecule has 0 rings (SSSR count). The first kappa shape index (κ1) is 34.0. The highest BCUT2D eigenvalue weighted by Crippen LogP contribution is 2.07. The van der Waals surface area contributed by atoms with Gasteiger partial charge in [0.1, 0.15) is 0 Å². The van der Waals surface area contributed by atoms with Gasteiger partial charge in [-0.3, -0.25) is 0 Å².